The van der Waals surface area contributed by atoms with Crippen LogP contribution in [0.1, 0.15) is 32.4 Å². The average Bonchev–Trinajstić information content (AvgIpc) is 2.18. The lowest BCUT2D eigenvalue weighted by atomic mass is 10.1. The monoisotopic (exact) mass is 207 g/mol. The van der Waals surface area contributed by atoms with Crippen LogP contribution in [-0.2, 0) is 0 Å². The van der Waals surface area contributed by atoms with Crippen LogP contribution < -0.4 is 0 Å². The van der Waals surface area contributed by atoms with Gasteiger partial charge in [-0.05, 0) is 26.3 Å². The van der Waals surface area contributed by atoms with Gasteiger partial charge < -0.3 is 5.11 Å². The van der Waals surface area contributed by atoms with Crippen molar-refractivity contribution in [2.75, 3.05) is 0 Å². The van der Waals surface area contributed by atoms with Gasteiger partial charge in [-0.3, -0.25) is 4.90 Å². The van der Waals surface area contributed by atoms with Crippen molar-refractivity contribution in [2.45, 2.75) is 32.9 Å². The van der Waals surface area contributed by atoms with E-state index in [1.54, 1.807) is 0 Å². The van der Waals surface area contributed by atoms with Gasteiger partial charge in [-0.25, -0.2) is 4.79 Å². The third-order valence-corrected chi connectivity index (χ3v) is 2.48. The fourth-order valence-electron chi connectivity index (χ4n) is 1.73. The summed E-state index contributed by atoms with van der Waals surface area (Å²) in [6, 6.07) is 9.54. The van der Waals surface area contributed by atoms with Gasteiger partial charge in [0.05, 0.1) is 6.04 Å². The highest BCUT2D eigenvalue weighted by molar-refractivity contribution is 5.66. The minimum absolute atomic E-state index is 0.0160. The molecule has 0 aromatic heterocycles. The molecule has 82 valence electrons. The standard InChI is InChI=1S/C12H17NO2/c1-9(2)13(12(14)15)10(3)11-7-5-4-6-8-11/h4-10H,1-3H3,(H,14,15). The van der Waals surface area contributed by atoms with Crippen LogP contribution in [0.5, 0.6) is 0 Å². The summed E-state index contributed by atoms with van der Waals surface area (Å²) in [7, 11) is 0. The molecule has 1 rings (SSSR count). The van der Waals surface area contributed by atoms with E-state index in [2.05, 4.69) is 0 Å². The van der Waals surface area contributed by atoms with E-state index >= 15 is 0 Å². The summed E-state index contributed by atoms with van der Waals surface area (Å²) in [4.78, 5) is 12.5. The molecule has 0 radical (unpaired) electrons. The van der Waals surface area contributed by atoms with Crippen LogP contribution in [0.2, 0.25) is 0 Å². The van der Waals surface area contributed by atoms with Gasteiger partial charge in [0.2, 0.25) is 0 Å². The molecule has 1 unspecified atom stereocenters. The Balaban J connectivity index is 2.91. The Morgan fingerprint density at radius 2 is 1.73 bits per heavy atom. The molecule has 0 aliphatic heterocycles. The number of hydrogen-bond acceptors (Lipinski definition) is 1. The van der Waals surface area contributed by atoms with E-state index in [0.717, 1.165) is 5.56 Å². The van der Waals surface area contributed by atoms with E-state index in [9.17, 15) is 4.79 Å². The summed E-state index contributed by atoms with van der Waals surface area (Å²) in [6.07, 6.45) is -0.874. The smallest absolute Gasteiger partial charge is 0.408 e. The van der Waals surface area contributed by atoms with Gasteiger partial charge in [0.25, 0.3) is 0 Å². The number of amides is 1. The molecule has 15 heavy (non-hydrogen) atoms. The highest BCUT2D eigenvalue weighted by Gasteiger charge is 2.22. The molecule has 0 aliphatic rings. The minimum atomic E-state index is -0.874. The third-order valence-electron chi connectivity index (χ3n) is 2.48. The predicted molar refractivity (Wildman–Crippen MR) is 59.9 cm³/mol. The van der Waals surface area contributed by atoms with E-state index in [1.807, 2.05) is 51.1 Å². The lowest BCUT2D eigenvalue weighted by molar-refractivity contribution is 0.111. The molecule has 1 amide bonds. The summed E-state index contributed by atoms with van der Waals surface area (Å²) in [6.45, 7) is 5.67. The first-order valence-corrected chi connectivity index (χ1v) is 5.10. The Hall–Kier alpha value is -1.51. The number of nitrogens with zero attached hydrogens (tertiary/aromatic N) is 1. The zero-order valence-corrected chi connectivity index (χ0v) is 9.34. The second-order valence-electron chi connectivity index (χ2n) is 3.87. The maximum atomic E-state index is 11.1. The van der Waals surface area contributed by atoms with Crippen LogP contribution in [0.4, 0.5) is 4.79 Å². The van der Waals surface area contributed by atoms with Crippen molar-refractivity contribution in [2.24, 2.45) is 0 Å². The van der Waals surface area contributed by atoms with Crippen molar-refractivity contribution in [3.63, 3.8) is 0 Å². The molecule has 1 aromatic rings. The summed E-state index contributed by atoms with van der Waals surface area (Å²) < 4.78 is 0. The van der Waals surface area contributed by atoms with Crippen LogP contribution in [-0.4, -0.2) is 22.1 Å². The molecule has 1 aromatic carbocycles. The Bertz CT molecular complexity index is 322. The molecule has 0 bridgehead atoms. The summed E-state index contributed by atoms with van der Waals surface area (Å²) in [5, 5.41) is 9.10. The predicted octanol–water partition coefficient (Wildman–Crippen LogP) is 3.14. The number of carboxylic acid groups (broad SMARTS) is 1. The van der Waals surface area contributed by atoms with Crippen molar-refractivity contribution < 1.29 is 9.90 Å². The van der Waals surface area contributed by atoms with Gasteiger partial charge in [0.15, 0.2) is 0 Å². The molecule has 1 atom stereocenters. The van der Waals surface area contributed by atoms with Crippen molar-refractivity contribution in [3.05, 3.63) is 35.9 Å². The molecule has 0 spiro atoms. The van der Waals surface area contributed by atoms with E-state index in [0.29, 0.717) is 0 Å². The quantitative estimate of drug-likeness (QED) is 0.827. The fraction of sp³-hybridized carbons (Fsp3) is 0.417. The first-order valence-electron chi connectivity index (χ1n) is 5.10. The summed E-state index contributed by atoms with van der Waals surface area (Å²) >= 11 is 0. The van der Waals surface area contributed by atoms with E-state index in [4.69, 9.17) is 5.11 Å². The Morgan fingerprint density at radius 1 is 1.20 bits per heavy atom. The van der Waals surface area contributed by atoms with Gasteiger partial charge in [-0.2, -0.15) is 0 Å². The zero-order valence-electron chi connectivity index (χ0n) is 9.34. The van der Waals surface area contributed by atoms with Crippen LogP contribution >= 0.6 is 0 Å². The van der Waals surface area contributed by atoms with Gasteiger partial charge in [-0.1, -0.05) is 30.3 Å². The molecule has 3 heteroatoms. The third kappa shape index (κ3) is 2.72. The van der Waals surface area contributed by atoms with Gasteiger partial charge in [0, 0.05) is 6.04 Å². The van der Waals surface area contributed by atoms with Crippen molar-refractivity contribution in [3.8, 4) is 0 Å². The molecule has 0 heterocycles. The molecular weight excluding hydrogens is 190 g/mol. The first-order chi connectivity index (χ1) is 7.04. The SMILES string of the molecule is CC(C)N(C(=O)O)C(C)c1ccccc1. The van der Waals surface area contributed by atoms with Crippen molar-refractivity contribution in [1.82, 2.24) is 4.90 Å². The molecular formula is C12H17NO2. The molecule has 3 nitrogen and oxygen atoms in total. The fourth-order valence-corrected chi connectivity index (χ4v) is 1.73. The van der Waals surface area contributed by atoms with Gasteiger partial charge >= 0.3 is 6.09 Å². The zero-order chi connectivity index (χ0) is 11.4. The van der Waals surface area contributed by atoms with Crippen LogP contribution in [0.25, 0.3) is 0 Å². The van der Waals surface area contributed by atoms with Gasteiger partial charge in [0.1, 0.15) is 0 Å². The maximum absolute atomic E-state index is 11.1. The maximum Gasteiger partial charge on any atom is 0.408 e. The summed E-state index contributed by atoms with van der Waals surface area (Å²) in [5.74, 6) is 0. The van der Waals surface area contributed by atoms with Crippen LogP contribution in [0, 0.1) is 0 Å². The highest BCUT2D eigenvalue weighted by atomic mass is 16.4. The van der Waals surface area contributed by atoms with E-state index in [-0.39, 0.29) is 12.1 Å². The Labute approximate surface area is 90.3 Å². The minimum Gasteiger partial charge on any atom is -0.465 e. The molecule has 0 saturated heterocycles. The summed E-state index contributed by atoms with van der Waals surface area (Å²) in [5.41, 5.74) is 1.02. The molecule has 0 saturated carbocycles. The molecule has 1 N–H and O–H groups in total. The van der Waals surface area contributed by atoms with Crippen molar-refractivity contribution >= 4 is 6.09 Å². The van der Waals surface area contributed by atoms with Crippen molar-refractivity contribution in [1.29, 1.82) is 0 Å². The number of carbonyl (C=O) groups is 1. The largest absolute Gasteiger partial charge is 0.465 e. The Kier molecular flexibility index (Phi) is 3.72. The molecule has 0 fully saturated rings. The molecule has 0 aliphatic carbocycles. The lowest BCUT2D eigenvalue weighted by Gasteiger charge is -2.30. The van der Waals surface area contributed by atoms with Crippen LogP contribution in [0.15, 0.2) is 30.3 Å². The van der Waals surface area contributed by atoms with Crippen LogP contribution in [0.3, 0.4) is 0 Å². The number of benzene rings is 1. The number of rotatable bonds is 3. The normalized spacial score (nSPS) is 12.5. The highest BCUT2D eigenvalue weighted by Crippen LogP contribution is 2.21. The second kappa shape index (κ2) is 4.82. The lowest BCUT2D eigenvalue weighted by Crippen LogP contribution is -2.37. The Morgan fingerprint density at radius 3 is 2.13 bits per heavy atom. The topological polar surface area (TPSA) is 40.5 Å². The first kappa shape index (κ1) is 11.6. The van der Waals surface area contributed by atoms with E-state index < -0.39 is 6.09 Å². The average molecular weight is 207 g/mol. The van der Waals surface area contributed by atoms with Gasteiger partial charge in [-0.15, -0.1) is 0 Å². The number of hydrogen-bond donors (Lipinski definition) is 1. The second-order valence-corrected chi connectivity index (χ2v) is 3.87. The van der Waals surface area contributed by atoms with E-state index in [1.165, 1.54) is 4.90 Å².